The van der Waals surface area contributed by atoms with Gasteiger partial charge in [-0.2, -0.15) is 4.31 Å². The molecule has 0 bridgehead atoms. The zero-order chi connectivity index (χ0) is 33.1. The molecular formula is C33H41N3O9S. The first kappa shape index (κ1) is 34.5. The number of benzene rings is 3. The Hall–Kier alpha value is -4.33. The van der Waals surface area contributed by atoms with Crippen molar-refractivity contribution in [3.8, 4) is 23.0 Å². The number of nitrogens with zero attached hydrogens (tertiary/aromatic N) is 2. The minimum absolute atomic E-state index is 0.132. The van der Waals surface area contributed by atoms with Crippen LogP contribution in [0.5, 0.6) is 23.0 Å². The average Bonchev–Trinajstić information content (AvgIpc) is 3.09. The Labute approximate surface area is 270 Å². The third-order valence-corrected chi connectivity index (χ3v) is 9.55. The molecule has 1 fully saturated rings. The number of hydrogen-bond acceptors (Lipinski definition) is 9. The van der Waals surface area contributed by atoms with Crippen molar-refractivity contribution in [3.63, 3.8) is 0 Å². The van der Waals surface area contributed by atoms with Gasteiger partial charge in [-0.15, -0.1) is 0 Å². The number of amides is 2. The highest BCUT2D eigenvalue weighted by molar-refractivity contribution is 7.89. The van der Waals surface area contributed by atoms with E-state index in [1.54, 1.807) is 40.4 Å². The Morgan fingerprint density at radius 3 is 2.13 bits per heavy atom. The van der Waals surface area contributed by atoms with E-state index in [1.807, 2.05) is 30.3 Å². The van der Waals surface area contributed by atoms with Crippen LogP contribution in [0.25, 0.3) is 0 Å². The van der Waals surface area contributed by atoms with Crippen molar-refractivity contribution in [2.24, 2.45) is 0 Å². The van der Waals surface area contributed by atoms with Gasteiger partial charge in [0.1, 0.15) is 17.5 Å². The summed E-state index contributed by atoms with van der Waals surface area (Å²) in [6, 6.07) is 17.9. The predicted molar refractivity (Wildman–Crippen MR) is 171 cm³/mol. The van der Waals surface area contributed by atoms with Crippen LogP contribution in [0.2, 0.25) is 0 Å². The summed E-state index contributed by atoms with van der Waals surface area (Å²) in [4.78, 5) is 28.3. The monoisotopic (exact) mass is 655 g/mol. The minimum atomic E-state index is -3.66. The standard InChI is InChI=1S/C33H41N3O9S/c1-24(33(38)34-16-15-25-7-14-30(42-3)31(21-25)43-4)36(22-26-5-8-27(41-2)9-6-26)32(37)23-45-28-10-12-29(13-11-28)46(39,40)35-17-19-44-20-18-35/h5-14,21,24H,15-20,22-23H2,1-4H3,(H,34,38). The van der Waals surface area contributed by atoms with Gasteiger partial charge in [0.25, 0.3) is 5.91 Å². The molecule has 13 heteroatoms. The molecule has 1 saturated heterocycles. The van der Waals surface area contributed by atoms with E-state index in [0.29, 0.717) is 62.3 Å². The molecule has 0 aliphatic carbocycles. The molecule has 12 nitrogen and oxygen atoms in total. The number of carbonyl (C=O) groups excluding carboxylic acids is 2. The van der Waals surface area contributed by atoms with Gasteiger partial charge in [0.15, 0.2) is 18.1 Å². The Morgan fingerprint density at radius 1 is 0.870 bits per heavy atom. The molecule has 1 N–H and O–H groups in total. The van der Waals surface area contributed by atoms with Gasteiger partial charge >= 0.3 is 0 Å². The van der Waals surface area contributed by atoms with Crippen LogP contribution in [-0.2, 0) is 37.3 Å². The molecular weight excluding hydrogens is 614 g/mol. The Bertz CT molecular complexity index is 1560. The van der Waals surface area contributed by atoms with Crippen LogP contribution in [0.3, 0.4) is 0 Å². The number of ether oxygens (including phenoxy) is 5. The van der Waals surface area contributed by atoms with Crippen molar-refractivity contribution in [2.45, 2.75) is 30.8 Å². The maximum Gasteiger partial charge on any atom is 0.261 e. The van der Waals surface area contributed by atoms with Gasteiger partial charge in [-0.1, -0.05) is 18.2 Å². The lowest BCUT2D eigenvalue weighted by atomic mass is 10.1. The molecule has 3 aromatic rings. The molecule has 1 aliphatic rings. The zero-order valence-electron chi connectivity index (χ0n) is 26.6. The van der Waals surface area contributed by atoms with Crippen LogP contribution in [0, 0.1) is 0 Å². The summed E-state index contributed by atoms with van der Waals surface area (Å²) in [5.74, 6) is 1.48. The van der Waals surface area contributed by atoms with E-state index >= 15 is 0 Å². The van der Waals surface area contributed by atoms with Gasteiger partial charge in [0, 0.05) is 26.2 Å². The number of sulfonamides is 1. The second-order valence-electron chi connectivity index (χ2n) is 10.6. The second-order valence-corrected chi connectivity index (χ2v) is 12.5. The van der Waals surface area contributed by atoms with Crippen molar-refractivity contribution in [1.29, 1.82) is 0 Å². The predicted octanol–water partition coefficient (Wildman–Crippen LogP) is 2.89. The number of carbonyl (C=O) groups is 2. The summed E-state index contributed by atoms with van der Waals surface area (Å²) >= 11 is 0. The molecule has 2 amide bonds. The number of rotatable bonds is 15. The molecule has 1 unspecified atom stereocenters. The second kappa shape index (κ2) is 16.3. The van der Waals surface area contributed by atoms with Crippen LogP contribution >= 0.6 is 0 Å². The van der Waals surface area contributed by atoms with E-state index in [4.69, 9.17) is 23.7 Å². The summed E-state index contributed by atoms with van der Waals surface area (Å²) in [5, 5.41) is 2.92. The first-order chi connectivity index (χ1) is 22.2. The number of morpholine rings is 1. The summed E-state index contributed by atoms with van der Waals surface area (Å²) in [6.07, 6.45) is 0.547. The van der Waals surface area contributed by atoms with Gasteiger partial charge < -0.3 is 33.9 Å². The Balaban J connectivity index is 1.40. The van der Waals surface area contributed by atoms with Crippen molar-refractivity contribution in [1.82, 2.24) is 14.5 Å². The summed E-state index contributed by atoms with van der Waals surface area (Å²) < 4.78 is 54.1. The minimum Gasteiger partial charge on any atom is -0.497 e. The summed E-state index contributed by atoms with van der Waals surface area (Å²) in [6.45, 7) is 3.11. The molecule has 1 atom stereocenters. The lowest BCUT2D eigenvalue weighted by Crippen LogP contribution is -2.49. The zero-order valence-corrected chi connectivity index (χ0v) is 27.4. The van der Waals surface area contributed by atoms with E-state index in [-0.39, 0.29) is 24.0 Å². The summed E-state index contributed by atoms with van der Waals surface area (Å²) in [5.41, 5.74) is 1.76. The smallest absolute Gasteiger partial charge is 0.261 e. The van der Waals surface area contributed by atoms with Crippen LogP contribution in [0.1, 0.15) is 18.1 Å². The van der Waals surface area contributed by atoms with Crippen LogP contribution in [-0.4, -0.2) is 96.3 Å². The number of nitrogens with one attached hydrogen (secondary N) is 1. The third-order valence-electron chi connectivity index (χ3n) is 7.63. The van der Waals surface area contributed by atoms with Gasteiger partial charge in [0.2, 0.25) is 15.9 Å². The summed E-state index contributed by atoms with van der Waals surface area (Å²) in [7, 11) is 1.05. The maximum absolute atomic E-state index is 13.5. The lowest BCUT2D eigenvalue weighted by Gasteiger charge is -2.29. The van der Waals surface area contributed by atoms with Crippen molar-refractivity contribution < 1.29 is 41.7 Å². The molecule has 248 valence electrons. The average molecular weight is 656 g/mol. The first-order valence-corrected chi connectivity index (χ1v) is 16.3. The fraction of sp³-hybridized carbons (Fsp3) is 0.394. The maximum atomic E-state index is 13.5. The highest BCUT2D eigenvalue weighted by Gasteiger charge is 2.28. The van der Waals surface area contributed by atoms with Crippen molar-refractivity contribution in [2.75, 3.05) is 60.8 Å². The van der Waals surface area contributed by atoms with Crippen molar-refractivity contribution in [3.05, 3.63) is 77.9 Å². The fourth-order valence-corrected chi connectivity index (χ4v) is 6.30. The largest absolute Gasteiger partial charge is 0.497 e. The van der Waals surface area contributed by atoms with Crippen LogP contribution in [0.15, 0.2) is 71.6 Å². The Morgan fingerprint density at radius 2 is 1.50 bits per heavy atom. The molecule has 0 radical (unpaired) electrons. The first-order valence-electron chi connectivity index (χ1n) is 14.9. The SMILES string of the molecule is COc1ccc(CN(C(=O)COc2ccc(S(=O)(=O)N3CCOCC3)cc2)C(C)C(=O)NCCc2ccc(OC)c(OC)c2)cc1. The highest BCUT2D eigenvalue weighted by atomic mass is 32.2. The van der Waals surface area contributed by atoms with Crippen LogP contribution in [0.4, 0.5) is 0 Å². The molecule has 3 aromatic carbocycles. The normalized spacial score (nSPS) is 14.2. The quantitative estimate of drug-likeness (QED) is 0.263. The fourth-order valence-electron chi connectivity index (χ4n) is 4.90. The molecule has 0 saturated carbocycles. The van der Waals surface area contributed by atoms with Crippen molar-refractivity contribution >= 4 is 21.8 Å². The molecule has 46 heavy (non-hydrogen) atoms. The molecule has 1 heterocycles. The number of methoxy groups -OCH3 is 3. The highest BCUT2D eigenvalue weighted by Crippen LogP contribution is 2.27. The lowest BCUT2D eigenvalue weighted by molar-refractivity contribution is -0.142. The van der Waals surface area contributed by atoms with Gasteiger partial charge in [0.05, 0.1) is 39.4 Å². The Kier molecular flexibility index (Phi) is 12.2. The molecule has 0 spiro atoms. The number of hydrogen-bond donors (Lipinski definition) is 1. The van der Waals surface area contributed by atoms with E-state index < -0.39 is 22.0 Å². The van der Waals surface area contributed by atoms with Gasteiger partial charge in [-0.05, 0) is 73.0 Å². The van der Waals surface area contributed by atoms with Gasteiger partial charge in [-0.25, -0.2) is 8.42 Å². The topological polar surface area (TPSA) is 133 Å². The van der Waals surface area contributed by atoms with E-state index in [0.717, 1.165) is 11.1 Å². The van der Waals surface area contributed by atoms with E-state index in [1.165, 1.54) is 33.5 Å². The van der Waals surface area contributed by atoms with E-state index in [9.17, 15) is 18.0 Å². The van der Waals surface area contributed by atoms with Crippen LogP contribution < -0.4 is 24.3 Å². The third kappa shape index (κ3) is 8.89. The van der Waals surface area contributed by atoms with Gasteiger partial charge in [-0.3, -0.25) is 9.59 Å². The molecule has 0 aromatic heterocycles. The molecule has 1 aliphatic heterocycles. The molecule has 4 rings (SSSR count). The van der Waals surface area contributed by atoms with E-state index in [2.05, 4.69) is 5.32 Å².